The molecule has 3 N–H and O–H groups in total. The fourth-order valence-corrected chi connectivity index (χ4v) is 2.33. The summed E-state index contributed by atoms with van der Waals surface area (Å²) in [7, 11) is 1.59. The SMILES string of the molecule is CCOC1(OCC)C(OC)=CC(N)=C2NC=CC=C21. The summed E-state index contributed by atoms with van der Waals surface area (Å²) >= 11 is 0. The maximum absolute atomic E-state index is 6.04. The summed E-state index contributed by atoms with van der Waals surface area (Å²) in [4.78, 5) is 0. The van der Waals surface area contributed by atoms with Gasteiger partial charge in [0.25, 0.3) is 5.79 Å². The molecule has 2 rings (SSSR count). The van der Waals surface area contributed by atoms with Gasteiger partial charge < -0.3 is 25.3 Å². The molecule has 5 heteroatoms. The lowest BCUT2D eigenvalue weighted by molar-refractivity contribution is -0.201. The van der Waals surface area contributed by atoms with Crippen LogP contribution in [0.3, 0.4) is 0 Å². The van der Waals surface area contributed by atoms with Crippen LogP contribution in [0.15, 0.2) is 47.2 Å². The van der Waals surface area contributed by atoms with Gasteiger partial charge in [0.2, 0.25) is 0 Å². The second kappa shape index (κ2) is 5.50. The smallest absolute Gasteiger partial charge is 0.257 e. The molecule has 19 heavy (non-hydrogen) atoms. The first-order chi connectivity index (χ1) is 9.19. The van der Waals surface area contributed by atoms with Gasteiger partial charge in [-0.2, -0.15) is 0 Å². The number of rotatable bonds is 5. The molecule has 1 aliphatic heterocycles. The molecule has 104 valence electrons. The molecule has 0 saturated carbocycles. The normalized spacial score (nSPS) is 20.4. The highest BCUT2D eigenvalue weighted by atomic mass is 16.7. The fourth-order valence-electron chi connectivity index (χ4n) is 2.33. The first-order valence-corrected chi connectivity index (χ1v) is 6.37. The van der Waals surface area contributed by atoms with E-state index in [0.717, 1.165) is 11.3 Å². The molecule has 1 aliphatic carbocycles. The van der Waals surface area contributed by atoms with Crippen LogP contribution >= 0.6 is 0 Å². The molecule has 0 aromatic heterocycles. The largest absolute Gasteiger partial charge is 0.495 e. The Balaban J connectivity index is 2.57. The molecule has 0 radical (unpaired) electrons. The van der Waals surface area contributed by atoms with Crippen LogP contribution in [0, 0.1) is 0 Å². The summed E-state index contributed by atoms with van der Waals surface area (Å²) in [5.41, 5.74) is 8.27. The number of allylic oxidation sites excluding steroid dienone is 3. The molecule has 0 amide bonds. The molecule has 1 heterocycles. The minimum Gasteiger partial charge on any atom is -0.495 e. The van der Waals surface area contributed by atoms with Crippen LogP contribution in [-0.2, 0) is 14.2 Å². The van der Waals surface area contributed by atoms with Gasteiger partial charge in [-0.1, -0.05) is 0 Å². The van der Waals surface area contributed by atoms with E-state index in [4.69, 9.17) is 19.9 Å². The van der Waals surface area contributed by atoms with Gasteiger partial charge >= 0.3 is 0 Å². The third kappa shape index (κ3) is 2.15. The Hall–Kier alpha value is -1.72. The maximum Gasteiger partial charge on any atom is 0.257 e. The average Bonchev–Trinajstić information content (AvgIpc) is 2.43. The van der Waals surface area contributed by atoms with Crippen LogP contribution < -0.4 is 11.1 Å². The molecule has 0 unspecified atom stereocenters. The summed E-state index contributed by atoms with van der Waals surface area (Å²) in [6.07, 6.45) is 7.37. The maximum atomic E-state index is 6.04. The highest BCUT2D eigenvalue weighted by Crippen LogP contribution is 2.40. The lowest BCUT2D eigenvalue weighted by Gasteiger charge is -2.40. The molecular formula is C14H20N2O3. The molecule has 0 spiro atoms. The van der Waals surface area contributed by atoms with Crippen molar-refractivity contribution in [1.82, 2.24) is 5.32 Å². The predicted molar refractivity (Wildman–Crippen MR) is 72.6 cm³/mol. The number of nitrogens with one attached hydrogen (secondary N) is 1. The Morgan fingerprint density at radius 3 is 2.53 bits per heavy atom. The second-order valence-corrected chi connectivity index (χ2v) is 4.11. The van der Waals surface area contributed by atoms with Crippen LogP contribution in [0.25, 0.3) is 0 Å². The van der Waals surface area contributed by atoms with E-state index >= 15 is 0 Å². The number of hydrogen-bond acceptors (Lipinski definition) is 5. The van der Waals surface area contributed by atoms with Gasteiger partial charge in [-0.3, -0.25) is 0 Å². The first-order valence-electron chi connectivity index (χ1n) is 6.37. The third-order valence-electron chi connectivity index (χ3n) is 3.03. The molecule has 0 saturated heterocycles. The van der Waals surface area contributed by atoms with Gasteiger partial charge in [0, 0.05) is 31.1 Å². The molecule has 0 atom stereocenters. The summed E-state index contributed by atoms with van der Waals surface area (Å²) in [5.74, 6) is -0.477. The molecule has 5 nitrogen and oxygen atoms in total. The number of fused-ring (bicyclic) bond motifs is 1. The molecule has 0 fully saturated rings. The summed E-state index contributed by atoms with van der Waals surface area (Å²) < 4.78 is 17.2. The van der Waals surface area contributed by atoms with Gasteiger partial charge in [-0.05, 0) is 26.0 Å². The van der Waals surface area contributed by atoms with Crippen LogP contribution in [0.2, 0.25) is 0 Å². The summed E-state index contributed by atoms with van der Waals surface area (Å²) in [6, 6.07) is 0. The summed E-state index contributed by atoms with van der Waals surface area (Å²) in [5, 5.41) is 3.13. The standard InChI is InChI=1S/C14H20N2O3/c1-4-18-14(19-5-2)10-7-6-8-16-13(10)11(15)9-12(14)17-3/h6-9,16H,4-5,15H2,1-3H3. The van der Waals surface area contributed by atoms with Crippen molar-refractivity contribution in [3.05, 3.63) is 47.2 Å². The van der Waals surface area contributed by atoms with E-state index in [9.17, 15) is 0 Å². The lowest BCUT2D eigenvalue weighted by Crippen LogP contribution is -2.46. The quantitative estimate of drug-likeness (QED) is 0.737. The number of dihydropyridines is 1. The van der Waals surface area contributed by atoms with Crippen molar-refractivity contribution in [3.63, 3.8) is 0 Å². The third-order valence-corrected chi connectivity index (χ3v) is 3.03. The van der Waals surface area contributed by atoms with E-state index in [0.29, 0.717) is 24.7 Å². The predicted octanol–water partition coefficient (Wildman–Crippen LogP) is 1.51. The topological polar surface area (TPSA) is 65.7 Å². The number of nitrogens with two attached hydrogens (primary N) is 1. The molecule has 2 aliphatic rings. The zero-order valence-electron chi connectivity index (χ0n) is 11.5. The number of methoxy groups -OCH3 is 1. The minimum absolute atomic E-state index is 0.495. The zero-order valence-corrected chi connectivity index (χ0v) is 11.5. The molecular weight excluding hydrogens is 244 g/mol. The summed E-state index contributed by atoms with van der Waals surface area (Å²) in [6.45, 7) is 4.83. The molecule has 0 aromatic rings. The minimum atomic E-state index is -1.03. The Morgan fingerprint density at radius 2 is 1.95 bits per heavy atom. The van der Waals surface area contributed by atoms with Crippen molar-refractivity contribution in [2.24, 2.45) is 5.73 Å². The Kier molecular flexibility index (Phi) is 3.97. The monoisotopic (exact) mass is 264 g/mol. The van der Waals surface area contributed by atoms with Crippen molar-refractivity contribution in [2.45, 2.75) is 19.6 Å². The van der Waals surface area contributed by atoms with Crippen molar-refractivity contribution < 1.29 is 14.2 Å². The van der Waals surface area contributed by atoms with E-state index in [1.54, 1.807) is 13.2 Å². The van der Waals surface area contributed by atoms with Crippen molar-refractivity contribution in [2.75, 3.05) is 20.3 Å². The Morgan fingerprint density at radius 1 is 1.26 bits per heavy atom. The van der Waals surface area contributed by atoms with Gasteiger partial charge in [0.05, 0.1) is 18.5 Å². The second-order valence-electron chi connectivity index (χ2n) is 4.11. The van der Waals surface area contributed by atoms with E-state index in [2.05, 4.69) is 5.32 Å². The van der Waals surface area contributed by atoms with Crippen molar-refractivity contribution >= 4 is 0 Å². The highest BCUT2D eigenvalue weighted by Gasteiger charge is 2.46. The van der Waals surface area contributed by atoms with Crippen LogP contribution in [-0.4, -0.2) is 26.1 Å². The van der Waals surface area contributed by atoms with E-state index in [1.807, 2.05) is 32.2 Å². The van der Waals surface area contributed by atoms with Crippen molar-refractivity contribution in [1.29, 1.82) is 0 Å². The van der Waals surface area contributed by atoms with E-state index in [1.165, 1.54) is 0 Å². The average molecular weight is 264 g/mol. The molecule has 0 aromatic carbocycles. The molecule has 0 bridgehead atoms. The van der Waals surface area contributed by atoms with Crippen LogP contribution in [0.5, 0.6) is 0 Å². The van der Waals surface area contributed by atoms with Crippen molar-refractivity contribution in [3.8, 4) is 0 Å². The van der Waals surface area contributed by atoms with Crippen LogP contribution in [0.1, 0.15) is 13.8 Å². The lowest BCUT2D eigenvalue weighted by atomic mass is 9.91. The van der Waals surface area contributed by atoms with Crippen LogP contribution in [0.4, 0.5) is 0 Å². The number of hydrogen-bond donors (Lipinski definition) is 2. The van der Waals surface area contributed by atoms with Gasteiger partial charge in [-0.25, -0.2) is 0 Å². The number of ether oxygens (including phenoxy) is 3. The Bertz CT molecular complexity index is 469. The fraction of sp³-hybridized carbons (Fsp3) is 0.429. The Labute approximate surface area is 113 Å². The van der Waals surface area contributed by atoms with E-state index in [-0.39, 0.29) is 0 Å². The first kappa shape index (κ1) is 13.7. The zero-order chi connectivity index (χ0) is 13.9. The van der Waals surface area contributed by atoms with Gasteiger partial charge in [-0.15, -0.1) is 0 Å². The van der Waals surface area contributed by atoms with Gasteiger partial charge in [0.1, 0.15) is 0 Å². The highest BCUT2D eigenvalue weighted by molar-refractivity contribution is 5.54. The van der Waals surface area contributed by atoms with E-state index < -0.39 is 5.79 Å². The van der Waals surface area contributed by atoms with Gasteiger partial charge in [0.15, 0.2) is 5.76 Å².